The van der Waals surface area contributed by atoms with Crippen LogP contribution in [0, 0.1) is 0 Å². The maximum atomic E-state index is 13.1. The van der Waals surface area contributed by atoms with E-state index in [1.807, 2.05) is 4.90 Å². The minimum absolute atomic E-state index is 0.161. The van der Waals surface area contributed by atoms with Crippen LogP contribution in [0.3, 0.4) is 0 Å². The van der Waals surface area contributed by atoms with Crippen LogP contribution in [-0.2, 0) is 14.8 Å². The molecule has 0 radical (unpaired) electrons. The van der Waals surface area contributed by atoms with Crippen molar-refractivity contribution in [3.8, 4) is 0 Å². The normalized spacial score (nSPS) is 17.9. The Morgan fingerprint density at radius 1 is 1.31 bits per heavy atom. The van der Waals surface area contributed by atoms with Crippen LogP contribution < -0.4 is 4.31 Å². The number of amides is 1. The molecule has 1 aliphatic heterocycles. The zero-order valence-electron chi connectivity index (χ0n) is 14.7. The molecule has 1 aromatic heterocycles. The number of nitrogens with zero attached hydrogens (tertiary/aromatic N) is 3. The summed E-state index contributed by atoms with van der Waals surface area (Å²) in [4.78, 5) is 19.1. The first-order valence-electron chi connectivity index (χ1n) is 8.80. The van der Waals surface area contributed by atoms with Crippen molar-refractivity contribution in [3.63, 3.8) is 0 Å². The maximum absolute atomic E-state index is 13.1. The number of carbonyl (C=O) groups excluding carboxylic acids is 1. The van der Waals surface area contributed by atoms with Gasteiger partial charge in [-0.2, -0.15) is 0 Å². The molecular formula is C18H23N3O3S2. The van der Waals surface area contributed by atoms with Crippen LogP contribution in [0.25, 0.3) is 0 Å². The highest BCUT2D eigenvalue weighted by Crippen LogP contribution is 2.27. The van der Waals surface area contributed by atoms with Gasteiger partial charge < -0.3 is 4.90 Å². The Morgan fingerprint density at radius 2 is 2.08 bits per heavy atom. The fraction of sp³-hybridized carbons (Fsp3) is 0.444. The van der Waals surface area contributed by atoms with E-state index >= 15 is 0 Å². The molecule has 6 nitrogen and oxygen atoms in total. The van der Waals surface area contributed by atoms with Crippen molar-refractivity contribution in [2.45, 2.75) is 43.5 Å². The number of benzene rings is 1. The van der Waals surface area contributed by atoms with Crippen LogP contribution in [0.1, 0.15) is 32.6 Å². The van der Waals surface area contributed by atoms with Crippen LogP contribution in [0.15, 0.2) is 46.8 Å². The second-order valence-electron chi connectivity index (χ2n) is 6.28. The first-order chi connectivity index (χ1) is 12.5. The fourth-order valence-corrected chi connectivity index (χ4v) is 5.54. The van der Waals surface area contributed by atoms with Gasteiger partial charge in [-0.05, 0) is 37.8 Å². The Labute approximate surface area is 158 Å². The van der Waals surface area contributed by atoms with Gasteiger partial charge in [0.05, 0.1) is 4.90 Å². The van der Waals surface area contributed by atoms with Crippen LogP contribution >= 0.6 is 11.3 Å². The standard InChI is InChI=1S/C18H23N3O3S2/c1-2-15-8-6-7-12-20(15)17(22)14-21(18-19-11-13-25-18)26(23,24)16-9-4-3-5-10-16/h3-5,9-11,13,15H,2,6-8,12,14H2,1H3/t15-/m1/s1. The molecule has 2 heterocycles. The summed E-state index contributed by atoms with van der Waals surface area (Å²) in [5.74, 6) is -0.161. The van der Waals surface area contributed by atoms with Crippen LogP contribution in [0.4, 0.5) is 5.13 Å². The number of likely N-dealkylation sites (tertiary alicyclic amines) is 1. The Kier molecular flexibility index (Phi) is 5.93. The van der Waals surface area contributed by atoms with Crippen molar-refractivity contribution in [1.29, 1.82) is 0 Å². The largest absolute Gasteiger partial charge is 0.338 e. The SMILES string of the molecule is CC[C@@H]1CCCCN1C(=O)CN(c1nccs1)S(=O)(=O)c1ccccc1. The smallest absolute Gasteiger partial charge is 0.266 e. The third kappa shape index (κ3) is 3.91. The molecule has 0 spiro atoms. The van der Waals surface area contributed by atoms with Crippen LogP contribution in [-0.4, -0.2) is 43.3 Å². The highest BCUT2D eigenvalue weighted by molar-refractivity contribution is 7.93. The van der Waals surface area contributed by atoms with Gasteiger partial charge in [-0.15, -0.1) is 11.3 Å². The average Bonchev–Trinajstić information content (AvgIpc) is 3.20. The van der Waals surface area contributed by atoms with Gasteiger partial charge in [0.25, 0.3) is 10.0 Å². The zero-order chi connectivity index (χ0) is 18.6. The summed E-state index contributed by atoms with van der Waals surface area (Å²) in [5.41, 5.74) is 0. The number of hydrogen-bond acceptors (Lipinski definition) is 5. The third-order valence-electron chi connectivity index (χ3n) is 4.66. The molecule has 3 rings (SSSR count). The van der Waals surface area contributed by atoms with Gasteiger partial charge in [-0.3, -0.25) is 4.79 Å². The quantitative estimate of drug-likeness (QED) is 0.756. The molecule has 140 valence electrons. The minimum Gasteiger partial charge on any atom is -0.338 e. The predicted octanol–water partition coefficient (Wildman–Crippen LogP) is 3.13. The Bertz CT molecular complexity index is 823. The Balaban J connectivity index is 1.89. The summed E-state index contributed by atoms with van der Waals surface area (Å²) in [6.45, 7) is 2.53. The van der Waals surface area contributed by atoms with Gasteiger partial charge in [0.1, 0.15) is 6.54 Å². The second-order valence-corrected chi connectivity index (χ2v) is 9.02. The van der Waals surface area contributed by atoms with Crippen molar-refractivity contribution in [2.24, 2.45) is 0 Å². The number of rotatable bonds is 6. The molecule has 0 aliphatic carbocycles. The van der Waals surface area contributed by atoms with Crippen molar-refractivity contribution in [2.75, 3.05) is 17.4 Å². The number of hydrogen-bond donors (Lipinski definition) is 0. The molecule has 1 aliphatic rings. The molecule has 0 saturated carbocycles. The van der Waals surface area contributed by atoms with Gasteiger partial charge >= 0.3 is 0 Å². The summed E-state index contributed by atoms with van der Waals surface area (Å²) in [6.07, 6.45) is 5.48. The summed E-state index contributed by atoms with van der Waals surface area (Å²) in [7, 11) is -3.85. The third-order valence-corrected chi connectivity index (χ3v) is 7.32. The van der Waals surface area contributed by atoms with E-state index in [2.05, 4.69) is 11.9 Å². The number of sulfonamides is 1. The molecule has 1 atom stereocenters. The first-order valence-corrected chi connectivity index (χ1v) is 11.1. The molecule has 2 aromatic rings. The van der Waals surface area contributed by atoms with Gasteiger partial charge in [0.2, 0.25) is 5.91 Å². The molecule has 26 heavy (non-hydrogen) atoms. The summed E-state index contributed by atoms with van der Waals surface area (Å²) >= 11 is 1.21. The molecule has 0 bridgehead atoms. The van der Waals surface area contributed by atoms with E-state index in [9.17, 15) is 13.2 Å². The molecule has 8 heteroatoms. The lowest BCUT2D eigenvalue weighted by Gasteiger charge is -2.36. The van der Waals surface area contributed by atoms with Crippen LogP contribution in [0.2, 0.25) is 0 Å². The van der Waals surface area contributed by atoms with Crippen molar-refractivity contribution in [3.05, 3.63) is 41.9 Å². The molecule has 0 unspecified atom stereocenters. The highest BCUT2D eigenvalue weighted by atomic mass is 32.2. The van der Waals surface area contributed by atoms with E-state index in [4.69, 9.17) is 0 Å². The highest BCUT2D eigenvalue weighted by Gasteiger charge is 2.32. The topological polar surface area (TPSA) is 70.6 Å². The molecule has 1 saturated heterocycles. The first kappa shape index (κ1) is 18.8. The van der Waals surface area contributed by atoms with E-state index in [1.54, 1.807) is 29.8 Å². The monoisotopic (exact) mass is 393 g/mol. The molecule has 0 N–H and O–H groups in total. The molecule has 1 amide bonds. The molecule has 1 aromatic carbocycles. The van der Waals surface area contributed by atoms with Crippen molar-refractivity contribution in [1.82, 2.24) is 9.88 Å². The fourth-order valence-electron chi connectivity index (χ4n) is 3.28. The zero-order valence-corrected chi connectivity index (χ0v) is 16.4. The van der Waals surface area contributed by atoms with Crippen molar-refractivity contribution >= 4 is 32.4 Å². The van der Waals surface area contributed by atoms with E-state index in [1.165, 1.54) is 23.5 Å². The average molecular weight is 394 g/mol. The lowest BCUT2D eigenvalue weighted by atomic mass is 10.00. The molecule has 1 fully saturated rings. The van der Waals surface area contributed by atoms with E-state index in [-0.39, 0.29) is 23.4 Å². The van der Waals surface area contributed by atoms with Gasteiger partial charge in [0.15, 0.2) is 5.13 Å². The van der Waals surface area contributed by atoms with E-state index in [0.29, 0.717) is 11.7 Å². The predicted molar refractivity (Wildman–Crippen MR) is 103 cm³/mol. The summed E-state index contributed by atoms with van der Waals surface area (Å²) in [6, 6.07) is 8.37. The van der Waals surface area contributed by atoms with Crippen LogP contribution in [0.5, 0.6) is 0 Å². The van der Waals surface area contributed by atoms with Gasteiger partial charge in [0, 0.05) is 24.2 Å². The number of piperidine rings is 1. The number of aromatic nitrogens is 1. The van der Waals surface area contributed by atoms with E-state index in [0.717, 1.165) is 30.0 Å². The van der Waals surface area contributed by atoms with Gasteiger partial charge in [-0.1, -0.05) is 25.1 Å². The summed E-state index contributed by atoms with van der Waals surface area (Å²) < 4.78 is 27.4. The van der Waals surface area contributed by atoms with Gasteiger partial charge in [-0.25, -0.2) is 17.7 Å². The summed E-state index contributed by atoms with van der Waals surface area (Å²) in [5, 5.41) is 2.02. The minimum atomic E-state index is -3.85. The Hall–Kier alpha value is -1.93. The second kappa shape index (κ2) is 8.18. The van der Waals surface area contributed by atoms with Crippen molar-refractivity contribution < 1.29 is 13.2 Å². The lowest BCUT2D eigenvalue weighted by molar-refractivity contribution is -0.133. The lowest BCUT2D eigenvalue weighted by Crippen LogP contribution is -2.49. The molecular weight excluding hydrogens is 370 g/mol. The number of thiazole rings is 1. The number of carbonyl (C=O) groups is 1. The number of anilines is 1. The maximum Gasteiger partial charge on any atom is 0.266 e. The Morgan fingerprint density at radius 3 is 2.73 bits per heavy atom. The van der Waals surface area contributed by atoms with E-state index < -0.39 is 10.0 Å².